The van der Waals surface area contributed by atoms with Crippen molar-refractivity contribution in [1.29, 1.82) is 0 Å². The van der Waals surface area contributed by atoms with Crippen LogP contribution in [0.2, 0.25) is 0 Å². The fourth-order valence-corrected chi connectivity index (χ4v) is 2.95. The molecule has 0 N–H and O–H groups in total. The summed E-state index contributed by atoms with van der Waals surface area (Å²) in [7, 11) is 0. The number of hydrogen-bond acceptors (Lipinski definition) is 1. The zero-order valence-electron chi connectivity index (χ0n) is 7.87. The molecule has 2 aliphatic rings. The van der Waals surface area contributed by atoms with Crippen molar-refractivity contribution in [3.8, 4) is 0 Å². The summed E-state index contributed by atoms with van der Waals surface area (Å²) in [6.45, 7) is 1.06. The lowest BCUT2D eigenvalue weighted by Crippen LogP contribution is -1.96. The van der Waals surface area contributed by atoms with E-state index in [-0.39, 0.29) is 5.82 Å². The van der Waals surface area contributed by atoms with Gasteiger partial charge in [0.15, 0.2) is 0 Å². The molecular formula is C11H8BrFN2. The number of fused-ring (bicyclic) bond motifs is 5. The van der Waals surface area contributed by atoms with Crippen LogP contribution in [0.1, 0.15) is 18.2 Å². The molecule has 2 unspecified atom stereocenters. The highest BCUT2D eigenvalue weighted by molar-refractivity contribution is 9.10. The fraction of sp³-hybridized carbons (Fsp3) is 0.364. The van der Waals surface area contributed by atoms with E-state index in [0.29, 0.717) is 10.4 Å². The van der Waals surface area contributed by atoms with Gasteiger partial charge in [-0.2, -0.15) is 0 Å². The third-order valence-corrected chi connectivity index (χ3v) is 4.10. The summed E-state index contributed by atoms with van der Waals surface area (Å²) in [6.07, 6.45) is 1.27. The molecule has 1 aliphatic heterocycles. The average molecular weight is 267 g/mol. The molecule has 4 heteroatoms. The van der Waals surface area contributed by atoms with Crippen LogP contribution in [0, 0.1) is 11.7 Å². The van der Waals surface area contributed by atoms with Crippen LogP contribution in [-0.2, 0) is 6.54 Å². The minimum Gasteiger partial charge on any atom is -0.327 e. The quantitative estimate of drug-likeness (QED) is 0.717. The Hall–Kier alpha value is -0.900. The predicted octanol–water partition coefficient (Wildman–Crippen LogP) is 3.06. The summed E-state index contributed by atoms with van der Waals surface area (Å²) >= 11 is 3.22. The summed E-state index contributed by atoms with van der Waals surface area (Å²) in [4.78, 5) is 4.52. The first-order valence-corrected chi connectivity index (χ1v) is 5.88. The molecule has 0 saturated heterocycles. The molecule has 1 fully saturated rings. The SMILES string of the molecule is Fc1cc2nc3n(c2cc1Br)CC1CC31. The molecule has 2 nitrogen and oxygen atoms in total. The summed E-state index contributed by atoms with van der Waals surface area (Å²) in [5.74, 6) is 2.39. The third kappa shape index (κ3) is 0.956. The lowest BCUT2D eigenvalue weighted by molar-refractivity contribution is 0.622. The van der Waals surface area contributed by atoms with E-state index >= 15 is 0 Å². The van der Waals surface area contributed by atoms with Crippen molar-refractivity contribution in [1.82, 2.24) is 9.55 Å². The van der Waals surface area contributed by atoms with E-state index in [9.17, 15) is 4.39 Å². The topological polar surface area (TPSA) is 17.8 Å². The third-order valence-electron chi connectivity index (χ3n) is 3.49. The zero-order chi connectivity index (χ0) is 10.2. The molecular weight excluding hydrogens is 259 g/mol. The predicted molar refractivity (Wildman–Crippen MR) is 58.2 cm³/mol. The second-order valence-electron chi connectivity index (χ2n) is 4.44. The molecule has 76 valence electrons. The standard InChI is InChI=1S/C11H8BrFN2/c12-7-2-10-9(3-8(7)13)14-11-6-1-5(6)4-15(10)11/h2-3,5-6H,1,4H2. The highest BCUT2D eigenvalue weighted by atomic mass is 79.9. The van der Waals surface area contributed by atoms with Gasteiger partial charge in [0.25, 0.3) is 0 Å². The van der Waals surface area contributed by atoms with Gasteiger partial charge < -0.3 is 4.57 Å². The summed E-state index contributed by atoms with van der Waals surface area (Å²) in [5, 5.41) is 0. The Labute approximate surface area is 94.2 Å². The zero-order valence-corrected chi connectivity index (χ0v) is 9.46. The molecule has 1 aliphatic carbocycles. The molecule has 0 spiro atoms. The molecule has 1 aromatic heterocycles. The second kappa shape index (κ2) is 2.43. The Kier molecular flexibility index (Phi) is 1.34. The second-order valence-corrected chi connectivity index (χ2v) is 5.29. The summed E-state index contributed by atoms with van der Waals surface area (Å²) in [5.41, 5.74) is 1.85. The van der Waals surface area contributed by atoms with Crippen LogP contribution in [0.15, 0.2) is 16.6 Å². The Bertz CT molecular complexity index is 590. The van der Waals surface area contributed by atoms with Crippen LogP contribution < -0.4 is 0 Å². The molecule has 15 heavy (non-hydrogen) atoms. The summed E-state index contributed by atoms with van der Waals surface area (Å²) < 4.78 is 16.1. The Balaban J connectivity index is 2.08. The van der Waals surface area contributed by atoms with Gasteiger partial charge >= 0.3 is 0 Å². The minimum atomic E-state index is -0.230. The van der Waals surface area contributed by atoms with Gasteiger partial charge in [-0.05, 0) is 34.3 Å². The highest BCUT2D eigenvalue weighted by Crippen LogP contribution is 2.54. The van der Waals surface area contributed by atoms with E-state index in [2.05, 4.69) is 25.5 Å². The number of benzene rings is 1. The lowest BCUT2D eigenvalue weighted by atomic mass is 10.3. The molecule has 1 aromatic carbocycles. The molecule has 1 saturated carbocycles. The molecule has 4 rings (SSSR count). The maximum Gasteiger partial charge on any atom is 0.139 e. The Morgan fingerprint density at radius 2 is 2.33 bits per heavy atom. The lowest BCUT2D eigenvalue weighted by Gasteiger charge is -2.01. The first kappa shape index (κ1) is 8.28. The highest BCUT2D eigenvalue weighted by Gasteiger charge is 2.47. The minimum absolute atomic E-state index is 0.230. The number of hydrogen-bond donors (Lipinski definition) is 0. The Morgan fingerprint density at radius 1 is 1.47 bits per heavy atom. The van der Waals surface area contributed by atoms with Crippen molar-refractivity contribution in [2.24, 2.45) is 5.92 Å². The fourth-order valence-electron chi connectivity index (χ4n) is 2.61. The van der Waals surface area contributed by atoms with Crippen LogP contribution >= 0.6 is 15.9 Å². The molecule has 2 aromatic rings. The van der Waals surface area contributed by atoms with Crippen molar-refractivity contribution in [2.45, 2.75) is 18.9 Å². The van der Waals surface area contributed by atoms with Gasteiger partial charge in [0.2, 0.25) is 0 Å². The van der Waals surface area contributed by atoms with Gasteiger partial charge in [-0.3, -0.25) is 0 Å². The molecule has 2 atom stereocenters. The first-order valence-electron chi connectivity index (χ1n) is 5.09. The van der Waals surface area contributed by atoms with Crippen molar-refractivity contribution in [2.75, 3.05) is 0 Å². The van der Waals surface area contributed by atoms with Gasteiger partial charge in [-0.15, -0.1) is 0 Å². The van der Waals surface area contributed by atoms with E-state index in [1.807, 2.05) is 6.07 Å². The van der Waals surface area contributed by atoms with Gasteiger partial charge in [0.1, 0.15) is 11.6 Å². The van der Waals surface area contributed by atoms with E-state index in [4.69, 9.17) is 0 Å². The average Bonchev–Trinajstić information content (AvgIpc) is 2.76. The maximum atomic E-state index is 13.3. The first-order chi connectivity index (χ1) is 7.24. The number of imidazole rings is 1. The number of aromatic nitrogens is 2. The molecule has 2 heterocycles. The van der Waals surface area contributed by atoms with Gasteiger partial charge in [0, 0.05) is 18.5 Å². The van der Waals surface area contributed by atoms with Crippen molar-refractivity contribution < 1.29 is 4.39 Å². The number of halogens is 2. The van der Waals surface area contributed by atoms with Crippen LogP contribution in [-0.4, -0.2) is 9.55 Å². The van der Waals surface area contributed by atoms with Crippen LogP contribution in [0.4, 0.5) is 4.39 Å². The molecule has 0 radical (unpaired) electrons. The number of rotatable bonds is 0. The number of nitrogens with zero attached hydrogens (tertiary/aromatic N) is 2. The van der Waals surface area contributed by atoms with Crippen LogP contribution in [0.5, 0.6) is 0 Å². The van der Waals surface area contributed by atoms with Gasteiger partial charge in [-0.25, -0.2) is 9.37 Å². The van der Waals surface area contributed by atoms with Crippen LogP contribution in [0.3, 0.4) is 0 Å². The van der Waals surface area contributed by atoms with Crippen molar-refractivity contribution in [3.63, 3.8) is 0 Å². The van der Waals surface area contributed by atoms with Crippen molar-refractivity contribution in [3.05, 3.63) is 28.2 Å². The van der Waals surface area contributed by atoms with Crippen molar-refractivity contribution >= 4 is 27.0 Å². The Morgan fingerprint density at radius 3 is 3.20 bits per heavy atom. The van der Waals surface area contributed by atoms with Gasteiger partial charge in [-0.1, -0.05) is 0 Å². The van der Waals surface area contributed by atoms with E-state index in [1.165, 1.54) is 12.5 Å². The normalized spacial score (nSPS) is 26.8. The monoisotopic (exact) mass is 266 g/mol. The molecule has 0 bridgehead atoms. The van der Waals surface area contributed by atoms with Crippen LogP contribution in [0.25, 0.3) is 11.0 Å². The van der Waals surface area contributed by atoms with E-state index < -0.39 is 0 Å². The smallest absolute Gasteiger partial charge is 0.139 e. The summed E-state index contributed by atoms with van der Waals surface area (Å²) in [6, 6.07) is 3.36. The maximum absolute atomic E-state index is 13.3. The van der Waals surface area contributed by atoms with Gasteiger partial charge in [0.05, 0.1) is 15.5 Å². The van der Waals surface area contributed by atoms with E-state index in [0.717, 1.165) is 29.3 Å². The molecule has 0 amide bonds. The van der Waals surface area contributed by atoms with E-state index in [1.54, 1.807) is 0 Å². The largest absolute Gasteiger partial charge is 0.327 e.